The first kappa shape index (κ1) is 21.2. The molecule has 0 aromatic heterocycles. The van der Waals surface area contributed by atoms with Crippen molar-refractivity contribution in [1.82, 2.24) is 10.2 Å². The van der Waals surface area contributed by atoms with E-state index in [1.807, 2.05) is 6.92 Å². The lowest BCUT2D eigenvalue weighted by molar-refractivity contribution is -0.142. The van der Waals surface area contributed by atoms with Gasteiger partial charge in [-0.1, -0.05) is 20.3 Å². The lowest BCUT2D eigenvalue weighted by atomic mass is 9.65. The summed E-state index contributed by atoms with van der Waals surface area (Å²) in [5, 5.41) is 2.87. The number of hydrogen-bond donors (Lipinski definition) is 2. The Morgan fingerprint density at radius 3 is 2.29 bits per heavy atom. The molecule has 0 aromatic rings. The van der Waals surface area contributed by atoms with E-state index >= 15 is 0 Å². The number of amides is 2. The van der Waals surface area contributed by atoms with Crippen LogP contribution >= 0.6 is 12.4 Å². The van der Waals surface area contributed by atoms with Crippen LogP contribution in [-0.2, 0) is 9.59 Å². The number of nitrogens with two attached hydrogens (primary N) is 1. The average Bonchev–Trinajstić information content (AvgIpc) is 2.51. The number of carbonyl (C=O) groups excluding carboxylic acids is 2. The van der Waals surface area contributed by atoms with Gasteiger partial charge in [0.1, 0.15) is 0 Å². The van der Waals surface area contributed by atoms with Crippen LogP contribution in [0.3, 0.4) is 0 Å². The molecule has 0 aromatic carbocycles. The molecule has 2 atom stereocenters. The second-order valence-corrected chi connectivity index (χ2v) is 7.31. The molecule has 2 bridgehead atoms. The number of rotatable bonds is 7. The van der Waals surface area contributed by atoms with E-state index in [4.69, 9.17) is 5.73 Å². The van der Waals surface area contributed by atoms with Gasteiger partial charge in [-0.05, 0) is 50.4 Å². The Labute approximate surface area is 152 Å². The Morgan fingerprint density at radius 1 is 1.12 bits per heavy atom. The van der Waals surface area contributed by atoms with Gasteiger partial charge in [0.15, 0.2) is 0 Å². The van der Waals surface area contributed by atoms with Crippen molar-refractivity contribution in [2.45, 2.75) is 64.8 Å². The Balaban J connectivity index is 0.00000288. The summed E-state index contributed by atoms with van der Waals surface area (Å²) < 4.78 is 0. The summed E-state index contributed by atoms with van der Waals surface area (Å²) in [6.45, 7) is 5.62. The van der Waals surface area contributed by atoms with Crippen LogP contribution in [0.25, 0.3) is 0 Å². The number of fused-ring (bicyclic) bond motifs is 2. The van der Waals surface area contributed by atoms with Gasteiger partial charge in [0, 0.05) is 25.0 Å². The molecule has 140 valence electrons. The zero-order valence-electron chi connectivity index (χ0n) is 15.1. The molecule has 6 heteroatoms. The van der Waals surface area contributed by atoms with Crippen LogP contribution in [-0.4, -0.2) is 42.4 Å². The minimum Gasteiger partial charge on any atom is -0.355 e. The molecular formula is C18H34ClN3O2. The Kier molecular flexibility index (Phi) is 9.06. The Hall–Kier alpha value is -0.810. The van der Waals surface area contributed by atoms with E-state index in [-0.39, 0.29) is 42.7 Å². The first-order valence-electron chi connectivity index (χ1n) is 9.37. The summed E-state index contributed by atoms with van der Waals surface area (Å²) >= 11 is 0. The molecule has 2 rings (SSSR count). The summed E-state index contributed by atoms with van der Waals surface area (Å²) in [5.41, 5.74) is 6.33. The minimum atomic E-state index is -0.0404. The van der Waals surface area contributed by atoms with Crippen LogP contribution in [0, 0.1) is 17.8 Å². The molecule has 0 heterocycles. The molecule has 2 amide bonds. The van der Waals surface area contributed by atoms with E-state index in [1.54, 1.807) is 4.90 Å². The first-order chi connectivity index (χ1) is 11.1. The third-order valence-corrected chi connectivity index (χ3v) is 5.47. The first-order valence-corrected chi connectivity index (χ1v) is 9.37. The lowest BCUT2D eigenvalue weighted by Crippen LogP contribution is -2.51. The third kappa shape index (κ3) is 5.35. The molecule has 2 fully saturated rings. The number of nitrogens with zero attached hydrogens (tertiary/aromatic N) is 1. The van der Waals surface area contributed by atoms with Gasteiger partial charge in [0.2, 0.25) is 11.8 Å². The zero-order valence-corrected chi connectivity index (χ0v) is 15.9. The van der Waals surface area contributed by atoms with Gasteiger partial charge in [-0.2, -0.15) is 0 Å². The topological polar surface area (TPSA) is 75.4 Å². The van der Waals surface area contributed by atoms with E-state index in [1.165, 1.54) is 6.42 Å². The summed E-state index contributed by atoms with van der Waals surface area (Å²) in [7, 11) is 0. The van der Waals surface area contributed by atoms with Crippen molar-refractivity contribution < 1.29 is 9.59 Å². The predicted molar refractivity (Wildman–Crippen MR) is 99.0 cm³/mol. The average molecular weight is 360 g/mol. The fraction of sp³-hybridized carbons (Fsp3) is 0.889. The monoisotopic (exact) mass is 359 g/mol. The second kappa shape index (κ2) is 10.2. The van der Waals surface area contributed by atoms with Crippen molar-refractivity contribution in [2.75, 3.05) is 19.6 Å². The molecule has 2 aliphatic rings. The third-order valence-electron chi connectivity index (χ3n) is 5.47. The molecule has 0 spiro atoms. The van der Waals surface area contributed by atoms with Gasteiger partial charge in [0.05, 0.1) is 6.54 Å². The highest BCUT2D eigenvalue weighted by atomic mass is 35.5. The fourth-order valence-electron chi connectivity index (χ4n) is 4.28. The molecular weight excluding hydrogens is 326 g/mol. The van der Waals surface area contributed by atoms with E-state index in [0.29, 0.717) is 24.9 Å². The summed E-state index contributed by atoms with van der Waals surface area (Å²) in [6.07, 6.45) is 7.18. The largest absolute Gasteiger partial charge is 0.355 e. The van der Waals surface area contributed by atoms with Crippen molar-refractivity contribution >= 4 is 24.2 Å². The van der Waals surface area contributed by atoms with Crippen molar-refractivity contribution in [2.24, 2.45) is 23.5 Å². The number of carbonyl (C=O) groups is 2. The maximum absolute atomic E-state index is 12.9. The van der Waals surface area contributed by atoms with Crippen LogP contribution in [0.1, 0.15) is 58.8 Å². The van der Waals surface area contributed by atoms with Crippen LogP contribution in [0.2, 0.25) is 0 Å². The highest BCUT2D eigenvalue weighted by Crippen LogP contribution is 2.42. The van der Waals surface area contributed by atoms with Gasteiger partial charge in [-0.3, -0.25) is 9.59 Å². The highest BCUT2D eigenvalue weighted by molar-refractivity contribution is 5.86. The van der Waals surface area contributed by atoms with Crippen molar-refractivity contribution in [3.05, 3.63) is 0 Å². The maximum atomic E-state index is 12.9. The van der Waals surface area contributed by atoms with Gasteiger partial charge in [-0.25, -0.2) is 0 Å². The van der Waals surface area contributed by atoms with Crippen molar-refractivity contribution in [1.29, 1.82) is 0 Å². The fourth-order valence-corrected chi connectivity index (χ4v) is 4.28. The minimum absolute atomic E-state index is 0. The number of nitrogens with one attached hydrogen (secondary N) is 1. The van der Waals surface area contributed by atoms with Crippen molar-refractivity contribution in [3.8, 4) is 0 Å². The number of halogens is 1. The van der Waals surface area contributed by atoms with E-state index in [2.05, 4.69) is 12.2 Å². The normalized spacial score (nSPS) is 28.6. The van der Waals surface area contributed by atoms with Gasteiger partial charge in [-0.15, -0.1) is 12.4 Å². The molecule has 2 saturated carbocycles. The molecule has 0 saturated heterocycles. The van der Waals surface area contributed by atoms with Gasteiger partial charge >= 0.3 is 0 Å². The Bertz CT molecular complexity index is 405. The van der Waals surface area contributed by atoms with Crippen LogP contribution in [0.15, 0.2) is 0 Å². The number of hydrogen-bond acceptors (Lipinski definition) is 3. The van der Waals surface area contributed by atoms with Crippen LogP contribution < -0.4 is 11.1 Å². The van der Waals surface area contributed by atoms with Crippen molar-refractivity contribution in [3.63, 3.8) is 0 Å². The van der Waals surface area contributed by atoms with E-state index in [9.17, 15) is 9.59 Å². The SMILES string of the molecule is CCCNC(=O)CN(CCC)C(=O)C1CC2CCCC(C1)C2N.Cl. The highest BCUT2D eigenvalue weighted by Gasteiger charge is 2.41. The van der Waals surface area contributed by atoms with Crippen LogP contribution in [0.5, 0.6) is 0 Å². The van der Waals surface area contributed by atoms with E-state index < -0.39 is 0 Å². The van der Waals surface area contributed by atoms with Crippen LogP contribution in [0.4, 0.5) is 0 Å². The molecule has 2 unspecified atom stereocenters. The zero-order chi connectivity index (χ0) is 16.8. The molecule has 0 radical (unpaired) electrons. The summed E-state index contributed by atoms with van der Waals surface area (Å²) in [4.78, 5) is 26.7. The molecule has 24 heavy (non-hydrogen) atoms. The quantitative estimate of drug-likeness (QED) is 0.732. The Morgan fingerprint density at radius 2 is 1.75 bits per heavy atom. The maximum Gasteiger partial charge on any atom is 0.239 e. The molecule has 5 nitrogen and oxygen atoms in total. The molecule has 0 aliphatic heterocycles. The second-order valence-electron chi connectivity index (χ2n) is 7.31. The van der Waals surface area contributed by atoms with Gasteiger partial charge < -0.3 is 16.0 Å². The predicted octanol–water partition coefficient (Wildman–Crippen LogP) is 2.33. The molecule has 2 aliphatic carbocycles. The summed E-state index contributed by atoms with van der Waals surface area (Å²) in [6, 6.07) is 0.278. The van der Waals surface area contributed by atoms with E-state index in [0.717, 1.165) is 38.5 Å². The standard InChI is InChI=1S/C18H33N3O2.ClH/c1-3-8-20-16(22)12-21(9-4-2)18(23)15-10-13-6-5-7-14(11-15)17(13)19;/h13-15,17H,3-12,19H2,1-2H3,(H,20,22);1H. The smallest absolute Gasteiger partial charge is 0.239 e. The lowest BCUT2D eigenvalue weighted by Gasteiger charge is -2.44. The molecule has 3 N–H and O–H groups in total. The van der Waals surface area contributed by atoms with Gasteiger partial charge in [0.25, 0.3) is 0 Å². The summed E-state index contributed by atoms with van der Waals surface area (Å²) in [5.74, 6) is 1.18.